The van der Waals surface area contributed by atoms with Crippen molar-refractivity contribution >= 4 is 49.1 Å². The monoisotopic (exact) mass is 458 g/mol. The van der Waals surface area contributed by atoms with E-state index in [2.05, 4.69) is 15.0 Å². The number of fused-ring (bicyclic) bond motifs is 1. The fourth-order valence-electron chi connectivity index (χ4n) is 3.62. The largest absolute Gasteiger partial charge is 0.332 e. The Hall–Kier alpha value is -2.82. The molecule has 0 saturated carbocycles. The van der Waals surface area contributed by atoms with Gasteiger partial charge in [0.1, 0.15) is 5.01 Å². The number of benzene rings is 2. The lowest BCUT2D eigenvalue weighted by molar-refractivity contribution is -0.130. The number of thiazole rings is 1. The van der Waals surface area contributed by atoms with E-state index in [4.69, 9.17) is 0 Å². The highest BCUT2D eigenvalue weighted by Crippen LogP contribution is 2.36. The number of nitrogens with one attached hydrogen (secondary N) is 2. The van der Waals surface area contributed by atoms with E-state index in [-0.39, 0.29) is 29.3 Å². The summed E-state index contributed by atoms with van der Waals surface area (Å²) in [6.07, 6.45) is 1.66. The van der Waals surface area contributed by atoms with Crippen LogP contribution in [0.5, 0.6) is 0 Å². The maximum atomic E-state index is 12.8. The van der Waals surface area contributed by atoms with E-state index >= 15 is 0 Å². The van der Waals surface area contributed by atoms with E-state index in [0.29, 0.717) is 12.2 Å². The number of anilines is 1. The third kappa shape index (κ3) is 4.76. The minimum absolute atomic E-state index is 0.0264. The number of para-hydroxylation sites is 1. The maximum Gasteiger partial charge on any atom is 0.241 e. The molecule has 0 radical (unpaired) electrons. The van der Waals surface area contributed by atoms with Gasteiger partial charge in [-0.05, 0) is 49.2 Å². The first-order valence-electron chi connectivity index (χ1n) is 9.86. The zero-order chi connectivity index (χ0) is 22.0. The molecule has 1 atom stereocenters. The molecule has 2 amide bonds. The molecule has 4 rings (SSSR count). The Kier molecular flexibility index (Phi) is 6.03. The van der Waals surface area contributed by atoms with Gasteiger partial charge in [0.2, 0.25) is 21.8 Å². The Morgan fingerprint density at radius 1 is 1.16 bits per heavy atom. The van der Waals surface area contributed by atoms with Crippen LogP contribution < -0.4 is 10.0 Å². The molecule has 0 bridgehead atoms. The number of carbonyl (C=O) groups is 2. The summed E-state index contributed by atoms with van der Waals surface area (Å²) < 4.78 is 28.6. The van der Waals surface area contributed by atoms with Crippen molar-refractivity contribution in [1.82, 2.24) is 14.6 Å². The molecule has 0 unspecified atom stereocenters. The van der Waals surface area contributed by atoms with Gasteiger partial charge in [0.25, 0.3) is 0 Å². The van der Waals surface area contributed by atoms with Crippen molar-refractivity contribution in [2.45, 2.75) is 30.7 Å². The maximum absolute atomic E-state index is 12.8. The summed E-state index contributed by atoms with van der Waals surface area (Å²) in [4.78, 5) is 30.3. The second-order valence-electron chi connectivity index (χ2n) is 7.30. The fourth-order valence-corrected chi connectivity index (χ4v) is 5.71. The predicted octanol–water partition coefficient (Wildman–Crippen LogP) is 2.90. The second kappa shape index (κ2) is 8.74. The lowest BCUT2D eigenvalue weighted by atomic mass is 10.2. The Balaban J connectivity index is 1.43. The van der Waals surface area contributed by atoms with Gasteiger partial charge in [-0.15, -0.1) is 11.3 Å². The van der Waals surface area contributed by atoms with Gasteiger partial charge in [-0.3, -0.25) is 9.59 Å². The number of rotatable bonds is 6. The summed E-state index contributed by atoms with van der Waals surface area (Å²) in [7, 11) is -3.86. The first-order chi connectivity index (χ1) is 14.8. The highest BCUT2D eigenvalue weighted by Gasteiger charge is 2.32. The number of nitrogens with zero attached hydrogens (tertiary/aromatic N) is 2. The number of carbonyl (C=O) groups excluding carboxylic acids is 2. The van der Waals surface area contributed by atoms with Gasteiger partial charge in [0.05, 0.1) is 27.7 Å². The van der Waals surface area contributed by atoms with Gasteiger partial charge in [-0.1, -0.05) is 12.1 Å². The lowest BCUT2D eigenvalue weighted by Crippen LogP contribution is -2.39. The average molecular weight is 459 g/mol. The molecule has 3 aromatic rings. The molecule has 162 valence electrons. The van der Waals surface area contributed by atoms with Gasteiger partial charge in [-0.25, -0.2) is 18.1 Å². The topological polar surface area (TPSA) is 108 Å². The summed E-state index contributed by atoms with van der Waals surface area (Å²) in [5, 5.41) is 3.46. The number of aromatic nitrogens is 1. The molecule has 1 aliphatic heterocycles. The second-order valence-corrected chi connectivity index (χ2v) is 10.1. The van der Waals surface area contributed by atoms with Gasteiger partial charge in [0, 0.05) is 19.2 Å². The van der Waals surface area contributed by atoms with E-state index in [1.165, 1.54) is 31.2 Å². The molecule has 8 nitrogen and oxygen atoms in total. The highest BCUT2D eigenvalue weighted by atomic mass is 32.2. The zero-order valence-corrected chi connectivity index (χ0v) is 18.5. The summed E-state index contributed by atoms with van der Waals surface area (Å²) in [5.74, 6) is -0.521. The molecule has 10 heteroatoms. The van der Waals surface area contributed by atoms with Crippen molar-refractivity contribution in [1.29, 1.82) is 0 Å². The molecule has 1 aliphatic rings. The molecule has 0 spiro atoms. The van der Waals surface area contributed by atoms with Crippen LogP contribution in [0.2, 0.25) is 0 Å². The Morgan fingerprint density at radius 2 is 1.90 bits per heavy atom. The van der Waals surface area contributed by atoms with Crippen LogP contribution in [0.4, 0.5) is 5.69 Å². The molecule has 1 fully saturated rings. The number of likely N-dealkylation sites (tertiary alicyclic amines) is 1. The molecule has 1 aromatic heterocycles. The van der Waals surface area contributed by atoms with Gasteiger partial charge in [0.15, 0.2) is 0 Å². The number of hydrogen-bond donors (Lipinski definition) is 2. The first-order valence-corrected chi connectivity index (χ1v) is 12.2. The van der Waals surface area contributed by atoms with Crippen molar-refractivity contribution in [3.8, 4) is 0 Å². The van der Waals surface area contributed by atoms with Crippen molar-refractivity contribution < 1.29 is 18.0 Å². The van der Waals surface area contributed by atoms with Crippen molar-refractivity contribution in [2.75, 3.05) is 18.4 Å². The molecule has 0 aliphatic carbocycles. The predicted molar refractivity (Wildman–Crippen MR) is 119 cm³/mol. The Morgan fingerprint density at radius 3 is 2.61 bits per heavy atom. The summed E-state index contributed by atoms with van der Waals surface area (Å²) in [5.41, 5.74) is 1.41. The summed E-state index contributed by atoms with van der Waals surface area (Å²) in [6, 6.07) is 13.5. The smallest absolute Gasteiger partial charge is 0.241 e. The van der Waals surface area contributed by atoms with Crippen LogP contribution in [0.25, 0.3) is 10.2 Å². The van der Waals surface area contributed by atoms with E-state index in [0.717, 1.165) is 28.1 Å². The van der Waals surface area contributed by atoms with Crippen LogP contribution in [0.15, 0.2) is 53.4 Å². The molecule has 1 saturated heterocycles. The quantitative estimate of drug-likeness (QED) is 0.590. The summed E-state index contributed by atoms with van der Waals surface area (Å²) >= 11 is 1.57. The minimum atomic E-state index is -3.86. The van der Waals surface area contributed by atoms with Crippen LogP contribution in [0, 0.1) is 0 Å². The molecule has 2 aromatic carbocycles. The average Bonchev–Trinajstić information content (AvgIpc) is 3.38. The zero-order valence-electron chi connectivity index (χ0n) is 16.9. The SMILES string of the molecule is CC(=O)Nc1ccc(S(=O)(=O)NCC(=O)N2CCC[C@H]2c2nc3ccccc3s2)cc1. The van der Waals surface area contributed by atoms with E-state index in [1.54, 1.807) is 16.2 Å². The molecular weight excluding hydrogens is 436 g/mol. The normalized spacial score (nSPS) is 16.5. The van der Waals surface area contributed by atoms with Crippen molar-refractivity contribution in [3.05, 3.63) is 53.5 Å². The number of hydrogen-bond acceptors (Lipinski definition) is 6. The summed E-state index contributed by atoms with van der Waals surface area (Å²) in [6.45, 7) is 1.63. The first kappa shape index (κ1) is 21.4. The van der Waals surface area contributed by atoms with Gasteiger partial charge in [-0.2, -0.15) is 0 Å². The third-order valence-electron chi connectivity index (χ3n) is 5.07. The third-order valence-corrected chi connectivity index (χ3v) is 7.62. The highest BCUT2D eigenvalue weighted by molar-refractivity contribution is 7.89. The van der Waals surface area contributed by atoms with Crippen LogP contribution in [-0.2, 0) is 19.6 Å². The van der Waals surface area contributed by atoms with Crippen LogP contribution >= 0.6 is 11.3 Å². The number of amides is 2. The fraction of sp³-hybridized carbons (Fsp3) is 0.286. The van der Waals surface area contributed by atoms with Crippen molar-refractivity contribution in [2.24, 2.45) is 0 Å². The van der Waals surface area contributed by atoms with Crippen LogP contribution in [0.3, 0.4) is 0 Å². The van der Waals surface area contributed by atoms with E-state index in [1.807, 2.05) is 24.3 Å². The Labute approximate surface area is 184 Å². The van der Waals surface area contributed by atoms with Crippen LogP contribution in [-0.4, -0.2) is 43.2 Å². The molecule has 2 heterocycles. The van der Waals surface area contributed by atoms with Crippen LogP contribution in [0.1, 0.15) is 30.8 Å². The van der Waals surface area contributed by atoms with Gasteiger partial charge < -0.3 is 10.2 Å². The van der Waals surface area contributed by atoms with Crippen molar-refractivity contribution in [3.63, 3.8) is 0 Å². The standard InChI is InChI=1S/C21H22N4O4S2/c1-14(26)23-15-8-10-16(11-9-15)31(28,29)22-13-20(27)25-12-4-6-18(25)21-24-17-5-2-3-7-19(17)30-21/h2-3,5,7-11,18,22H,4,6,12-13H2,1H3,(H,23,26)/t18-/m0/s1. The minimum Gasteiger partial charge on any atom is -0.332 e. The molecular formula is C21H22N4O4S2. The lowest BCUT2D eigenvalue weighted by Gasteiger charge is -2.23. The molecule has 31 heavy (non-hydrogen) atoms. The molecule has 2 N–H and O–H groups in total. The van der Waals surface area contributed by atoms with E-state index in [9.17, 15) is 18.0 Å². The van der Waals surface area contributed by atoms with Gasteiger partial charge >= 0.3 is 0 Å². The number of sulfonamides is 1. The van der Waals surface area contributed by atoms with E-state index < -0.39 is 10.0 Å². The Bertz CT molecular complexity index is 1190.